The lowest BCUT2D eigenvalue weighted by Crippen LogP contribution is -2.30. The number of benzene rings is 1. The molecular weight excluding hydrogens is 380 g/mol. The average Bonchev–Trinajstić information content (AvgIpc) is 3.02. The van der Waals surface area contributed by atoms with E-state index in [0.717, 1.165) is 21.6 Å². The lowest BCUT2D eigenvalue weighted by molar-refractivity contribution is -0.111. The molecule has 0 spiro atoms. The predicted molar refractivity (Wildman–Crippen MR) is 113 cm³/mol. The van der Waals surface area contributed by atoms with Crippen molar-refractivity contribution in [3.05, 3.63) is 51.2 Å². The molecule has 0 aliphatic carbocycles. The Morgan fingerprint density at radius 1 is 1.15 bits per heavy atom. The molecule has 1 amide bonds. The van der Waals surface area contributed by atoms with Crippen LogP contribution in [0, 0.1) is 20.8 Å². The molecule has 0 saturated heterocycles. The van der Waals surface area contributed by atoms with Crippen molar-refractivity contribution in [2.24, 2.45) is 0 Å². The third-order valence-electron chi connectivity index (χ3n) is 4.53. The van der Waals surface area contributed by atoms with Crippen molar-refractivity contribution >= 4 is 39.0 Å². The van der Waals surface area contributed by atoms with Gasteiger partial charge in [0, 0.05) is 29.7 Å². The topological polar surface area (TPSA) is 66.5 Å². The molecule has 1 aromatic heterocycles. The molecule has 1 heterocycles. The molecule has 1 aromatic carbocycles. The van der Waals surface area contributed by atoms with E-state index in [0.29, 0.717) is 18.8 Å². The van der Waals surface area contributed by atoms with Gasteiger partial charge >= 0.3 is 0 Å². The maximum atomic E-state index is 12.8. The molecule has 1 N–H and O–H groups in total. The Bertz CT molecular complexity index is 956. The minimum atomic E-state index is -3.59. The second-order valence-corrected chi connectivity index (χ2v) is 9.18. The third kappa shape index (κ3) is 4.86. The monoisotopic (exact) mass is 406 g/mol. The maximum absolute atomic E-state index is 12.8. The summed E-state index contributed by atoms with van der Waals surface area (Å²) < 4.78 is 27.0. The fraction of sp³-hybridized carbons (Fsp3) is 0.350. The van der Waals surface area contributed by atoms with Gasteiger partial charge in [-0.25, -0.2) is 8.42 Å². The summed E-state index contributed by atoms with van der Waals surface area (Å²) in [5.41, 5.74) is 3.29. The standard InChI is InChI=1S/C20H26N2O3S2/c1-6-22(7-2)27(24,25)17-12-15(4)16(5)18(13-17)21-20(23)9-8-19-14(3)10-11-26-19/h8-13H,6-7H2,1-5H3,(H,21,23)/b9-8+. The molecule has 27 heavy (non-hydrogen) atoms. The number of thiophene rings is 1. The normalized spacial score (nSPS) is 12.1. The summed E-state index contributed by atoms with van der Waals surface area (Å²) in [4.78, 5) is 13.6. The van der Waals surface area contributed by atoms with E-state index in [2.05, 4.69) is 5.32 Å². The lowest BCUT2D eigenvalue weighted by atomic mass is 10.1. The van der Waals surface area contributed by atoms with Gasteiger partial charge in [-0.3, -0.25) is 4.79 Å². The lowest BCUT2D eigenvalue weighted by Gasteiger charge is -2.20. The quantitative estimate of drug-likeness (QED) is 0.695. The van der Waals surface area contributed by atoms with Gasteiger partial charge in [0.15, 0.2) is 0 Å². The number of rotatable bonds is 7. The van der Waals surface area contributed by atoms with Gasteiger partial charge < -0.3 is 5.32 Å². The molecule has 0 radical (unpaired) electrons. The van der Waals surface area contributed by atoms with Gasteiger partial charge in [-0.2, -0.15) is 4.31 Å². The number of sulfonamides is 1. The van der Waals surface area contributed by atoms with Crippen LogP contribution in [0.3, 0.4) is 0 Å². The molecule has 7 heteroatoms. The summed E-state index contributed by atoms with van der Waals surface area (Å²) in [5.74, 6) is -0.289. The molecule has 0 fully saturated rings. The zero-order valence-corrected chi connectivity index (χ0v) is 18.0. The minimum Gasteiger partial charge on any atom is -0.322 e. The van der Waals surface area contributed by atoms with E-state index >= 15 is 0 Å². The Morgan fingerprint density at radius 2 is 1.81 bits per heavy atom. The SMILES string of the molecule is CCN(CC)S(=O)(=O)c1cc(C)c(C)c(NC(=O)/C=C/c2sccc2C)c1. The summed E-state index contributed by atoms with van der Waals surface area (Å²) in [6.45, 7) is 10.1. The Balaban J connectivity index is 2.32. The predicted octanol–water partition coefficient (Wildman–Crippen LogP) is 4.36. The average molecular weight is 407 g/mol. The highest BCUT2D eigenvalue weighted by atomic mass is 32.2. The van der Waals surface area contributed by atoms with E-state index in [1.165, 1.54) is 16.4 Å². The number of hydrogen-bond donors (Lipinski definition) is 1. The van der Waals surface area contributed by atoms with Crippen molar-refractivity contribution in [1.82, 2.24) is 4.31 Å². The van der Waals surface area contributed by atoms with Gasteiger partial charge in [0.1, 0.15) is 0 Å². The molecule has 146 valence electrons. The van der Waals surface area contributed by atoms with E-state index in [9.17, 15) is 13.2 Å². The number of carbonyl (C=O) groups is 1. The summed E-state index contributed by atoms with van der Waals surface area (Å²) in [6.07, 6.45) is 3.24. The third-order valence-corrected chi connectivity index (χ3v) is 7.54. The second-order valence-electron chi connectivity index (χ2n) is 6.29. The second kappa shape index (κ2) is 8.82. The van der Waals surface area contributed by atoms with Crippen molar-refractivity contribution in [1.29, 1.82) is 0 Å². The molecule has 0 bridgehead atoms. The van der Waals surface area contributed by atoms with Crippen LogP contribution in [0.4, 0.5) is 5.69 Å². The minimum absolute atomic E-state index is 0.197. The number of amides is 1. The van der Waals surface area contributed by atoms with E-state index < -0.39 is 10.0 Å². The van der Waals surface area contributed by atoms with Crippen molar-refractivity contribution in [3.8, 4) is 0 Å². The van der Waals surface area contributed by atoms with Crippen LogP contribution in [0.2, 0.25) is 0 Å². The van der Waals surface area contributed by atoms with Gasteiger partial charge in [0.2, 0.25) is 15.9 Å². The fourth-order valence-corrected chi connectivity index (χ4v) is 5.09. The van der Waals surface area contributed by atoms with Crippen LogP contribution in [0.1, 0.15) is 35.4 Å². The summed E-state index contributed by atoms with van der Waals surface area (Å²) in [7, 11) is -3.59. The Kier molecular flexibility index (Phi) is 6.97. The van der Waals surface area contributed by atoms with E-state index in [1.54, 1.807) is 23.5 Å². The Hall–Kier alpha value is -1.96. The molecule has 5 nitrogen and oxygen atoms in total. The number of nitrogens with one attached hydrogen (secondary N) is 1. The van der Waals surface area contributed by atoms with Crippen LogP contribution < -0.4 is 5.32 Å². The molecule has 0 aliphatic heterocycles. The highest BCUT2D eigenvalue weighted by Crippen LogP contribution is 2.26. The van der Waals surface area contributed by atoms with Crippen LogP contribution in [0.15, 0.2) is 34.6 Å². The van der Waals surface area contributed by atoms with Crippen LogP contribution in [-0.2, 0) is 14.8 Å². The molecule has 0 unspecified atom stereocenters. The van der Waals surface area contributed by atoms with Crippen LogP contribution in [0.25, 0.3) is 6.08 Å². The highest BCUT2D eigenvalue weighted by Gasteiger charge is 2.23. The Morgan fingerprint density at radius 3 is 2.37 bits per heavy atom. The van der Waals surface area contributed by atoms with Crippen molar-refractivity contribution < 1.29 is 13.2 Å². The van der Waals surface area contributed by atoms with Gasteiger partial charge in [-0.05, 0) is 67.1 Å². The summed E-state index contributed by atoms with van der Waals surface area (Å²) >= 11 is 1.57. The number of aryl methyl sites for hydroxylation is 2. The van der Waals surface area contributed by atoms with Gasteiger partial charge in [0.05, 0.1) is 4.90 Å². The number of hydrogen-bond acceptors (Lipinski definition) is 4. The maximum Gasteiger partial charge on any atom is 0.248 e. The Labute approximate surface area is 165 Å². The van der Waals surface area contributed by atoms with Crippen LogP contribution in [0.5, 0.6) is 0 Å². The smallest absolute Gasteiger partial charge is 0.248 e. The summed E-state index contributed by atoms with van der Waals surface area (Å²) in [6, 6.07) is 5.19. The molecule has 2 rings (SSSR count). The number of nitrogens with zero attached hydrogens (tertiary/aromatic N) is 1. The zero-order chi connectivity index (χ0) is 20.2. The molecule has 0 atom stereocenters. The molecule has 0 saturated carbocycles. The largest absolute Gasteiger partial charge is 0.322 e. The van der Waals surface area contributed by atoms with Crippen LogP contribution >= 0.6 is 11.3 Å². The van der Waals surface area contributed by atoms with Gasteiger partial charge in [-0.1, -0.05) is 13.8 Å². The first-order valence-electron chi connectivity index (χ1n) is 8.85. The van der Waals surface area contributed by atoms with Gasteiger partial charge in [0.25, 0.3) is 0 Å². The first kappa shape index (κ1) is 21.3. The van der Waals surface area contributed by atoms with E-state index in [4.69, 9.17) is 0 Å². The molecular formula is C20H26N2O3S2. The van der Waals surface area contributed by atoms with Crippen molar-refractivity contribution in [2.75, 3.05) is 18.4 Å². The zero-order valence-electron chi connectivity index (χ0n) is 16.4. The molecule has 2 aromatic rings. The van der Waals surface area contributed by atoms with Gasteiger partial charge in [-0.15, -0.1) is 11.3 Å². The highest BCUT2D eigenvalue weighted by molar-refractivity contribution is 7.89. The first-order valence-corrected chi connectivity index (χ1v) is 11.2. The van der Waals surface area contributed by atoms with E-state index in [-0.39, 0.29) is 10.8 Å². The fourth-order valence-electron chi connectivity index (χ4n) is 2.70. The van der Waals surface area contributed by atoms with Crippen molar-refractivity contribution in [2.45, 2.75) is 39.5 Å². The number of anilines is 1. The van der Waals surface area contributed by atoms with Crippen molar-refractivity contribution in [3.63, 3.8) is 0 Å². The summed E-state index contributed by atoms with van der Waals surface area (Å²) in [5, 5.41) is 4.79. The van der Waals surface area contributed by atoms with E-state index in [1.807, 2.05) is 46.1 Å². The molecule has 0 aliphatic rings. The van der Waals surface area contributed by atoms with Crippen LogP contribution in [-0.4, -0.2) is 31.7 Å². The number of carbonyl (C=O) groups excluding carboxylic acids is 1. The first-order chi connectivity index (χ1) is 12.7.